The molecule has 3 nitrogen and oxygen atoms in total. The normalized spacial score (nSPS) is 12.3. The van der Waals surface area contributed by atoms with Crippen LogP contribution < -0.4 is 0 Å². The molecule has 34 heavy (non-hydrogen) atoms. The summed E-state index contributed by atoms with van der Waals surface area (Å²) in [5, 5.41) is 10.9. The molecule has 0 radical (unpaired) electrons. The highest BCUT2D eigenvalue weighted by Crippen LogP contribution is 2.42. The van der Waals surface area contributed by atoms with Gasteiger partial charge in [-0.1, -0.05) is 54.1 Å². The predicted octanol–water partition coefficient (Wildman–Crippen LogP) is 8.02. The summed E-state index contributed by atoms with van der Waals surface area (Å²) in [7, 11) is 0. The summed E-state index contributed by atoms with van der Waals surface area (Å²) in [4.78, 5) is 4.52. The molecule has 1 heterocycles. The fourth-order valence-electron chi connectivity index (χ4n) is 3.70. The molecule has 176 valence electrons. The molecular formula is C26H21ClF3IN2O. The molecule has 0 spiro atoms. The highest BCUT2D eigenvalue weighted by molar-refractivity contribution is 14.1. The second kappa shape index (κ2) is 9.02. The van der Waals surface area contributed by atoms with Gasteiger partial charge in [0.2, 0.25) is 0 Å². The van der Waals surface area contributed by atoms with Crippen molar-refractivity contribution in [2.45, 2.75) is 30.3 Å². The van der Waals surface area contributed by atoms with E-state index in [1.54, 1.807) is 80.1 Å². The first-order valence-electron chi connectivity index (χ1n) is 10.4. The summed E-state index contributed by atoms with van der Waals surface area (Å²) in [5.74, 6) is -0.175. The zero-order chi connectivity index (χ0) is 24.8. The number of imidazole rings is 1. The van der Waals surface area contributed by atoms with E-state index in [1.165, 1.54) is 12.1 Å². The van der Waals surface area contributed by atoms with Crippen LogP contribution in [0.15, 0.2) is 66.9 Å². The molecule has 3 aromatic carbocycles. The molecule has 0 aliphatic rings. The predicted molar refractivity (Wildman–Crippen MR) is 137 cm³/mol. The average molecular weight is 597 g/mol. The van der Waals surface area contributed by atoms with Gasteiger partial charge in [0.15, 0.2) is 0 Å². The Morgan fingerprint density at radius 2 is 1.65 bits per heavy atom. The van der Waals surface area contributed by atoms with Crippen molar-refractivity contribution in [1.29, 1.82) is 0 Å². The second-order valence-electron chi connectivity index (χ2n) is 8.52. The van der Waals surface area contributed by atoms with Gasteiger partial charge in [0.25, 0.3) is 0 Å². The van der Waals surface area contributed by atoms with Gasteiger partial charge in [-0.2, -0.15) is 8.78 Å². The van der Waals surface area contributed by atoms with E-state index in [4.69, 9.17) is 11.6 Å². The smallest absolute Gasteiger partial charge is 0.322 e. The summed E-state index contributed by atoms with van der Waals surface area (Å²) in [5.41, 5.74) is 1.34. The Morgan fingerprint density at radius 1 is 1.00 bits per heavy atom. The molecule has 4 rings (SSSR count). The molecule has 0 unspecified atom stereocenters. The molecule has 1 aromatic heterocycles. The Labute approximate surface area is 214 Å². The minimum atomic E-state index is -3.12. The van der Waals surface area contributed by atoms with Gasteiger partial charge < -0.3 is 5.11 Å². The fraction of sp³-hybridized carbons (Fsp3) is 0.192. The van der Waals surface area contributed by atoms with Gasteiger partial charge in [0.05, 0.1) is 10.7 Å². The van der Waals surface area contributed by atoms with Crippen LogP contribution in [0.5, 0.6) is 0 Å². The average Bonchev–Trinajstić information content (AvgIpc) is 3.22. The fourth-order valence-corrected chi connectivity index (χ4v) is 4.43. The molecule has 0 saturated carbocycles. The number of aryl methyl sites for hydroxylation is 1. The van der Waals surface area contributed by atoms with E-state index >= 15 is 0 Å². The first-order chi connectivity index (χ1) is 15.9. The molecule has 0 fully saturated rings. The molecule has 0 aliphatic carbocycles. The number of rotatable bonds is 5. The van der Waals surface area contributed by atoms with Gasteiger partial charge >= 0.3 is 3.93 Å². The lowest BCUT2D eigenvalue weighted by molar-refractivity contribution is 0.0743. The maximum absolute atomic E-state index is 14.5. The second-order valence-corrected chi connectivity index (χ2v) is 10.3. The molecule has 4 aromatic rings. The van der Waals surface area contributed by atoms with Gasteiger partial charge in [-0.05, 0) is 50.1 Å². The zero-order valence-corrected chi connectivity index (χ0v) is 21.5. The van der Waals surface area contributed by atoms with E-state index < -0.39 is 15.3 Å². The van der Waals surface area contributed by atoms with Crippen molar-refractivity contribution < 1.29 is 18.3 Å². The van der Waals surface area contributed by atoms with Crippen LogP contribution in [0.25, 0.3) is 28.2 Å². The number of alkyl halides is 3. The van der Waals surface area contributed by atoms with Crippen molar-refractivity contribution in [3.05, 3.63) is 94.5 Å². The third kappa shape index (κ3) is 4.74. The van der Waals surface area contributed by atoms with E-state index in [0.29, 0.717) is 27.5 Å². The first kappa shape index (κ1) is 24.8. The lowest BCUT2D eigenvalue weighted by atomic mass is 10.0. The maximum atomic E-state index is 14.5. The first-order valence-corrected chi connectivity index (χ1v) is 11.9. The van der Waals surface area contributed by atoms with E-state index in [-0.39, 0.29) is 17.0 Å². The van der Waals surface area contributed by atoms with Gasteiger partial charge in [-0.25, -0.2) is 9.37 Å². The minimum absolute atomic E-state index is 0.185. The lowest BCUT2D eigenvalue weighted by Crippen LogP contribution is -2.15. The Hall–Kier alpha value is -2.36. The number of hydrogen-bond donors (Lipinski definition) is 1. The zero-order valence-electron chi connectivity index (χ0n) is 18.6. The van der Waals surface area contributed by atoms with Crippen molar-refractivity contribution in [3.63, 3.8) is 0 Å². The summed E-state index contributed by atoms with van der Waals surface area (Å²) in [6, 6.07) is 16.0. The van der Waals surface area contributed by atoms with Crippen LogP contribution in [0.4, 0.5) is 13.2 Å². The van der Waals surface area contributed by atoms with Crippen molar-refractivity contribution >= 4 is 34.2 Å². The monoisotopic (exact) mass is 596 g/mol. The molecule has 1 N–H and O–H groups in total. The van der Waals surface area contributed by atoms with Crippen LogP contribution in [0.2, 0.25) is 5.02 Å². The van der Waals surface area contributed by atoms with E-state index in [0.717, 1.165) is 28.2 Å². The molecule has 0 amide bonds. The van der Waals surface area contributed by atoms with Crippen LogP contribution in [-0.4, -0.2) is 14.7 Å². The molecule has 0 aliphatic heterocycles. The third-order valence-electron chi connectivity index (χ3n) is 5.52. The number of benzene rings is 3. The van der Waals surface area contributed by atoms with Gasteiger partial charge in [0, 0.05) is 51.2 Å². The number of aliphatic hydroxyl groups is 1. The maximum Gasteiger partial charge on any atom is 0.322 e. The standard InChI is InChI=1S/C26H21ClF3IN2O/c1-15-8-13-20(28)22(23(15)27)16-9-11-17(12-10-16)33-14-21(25(2,3)34)32-24(33)18-6-4-5-7-19(18)26(29,30)31/h4-14,34H,1-3H3. The highest BCUT2D eigenvalue weighted by atomic mass is 127. The van der Waals surface area contributed by atoms with Crippen molar-refractivity contribution in [2.75, 3.05) is 0 Å². The summed E-state index contributed by atoms with van der Waals surface area (Å²) in [6.45, 7) is 4.96. The lowest BCUT2D eigenvalue weighted by Gasteiger charge is -2.16. The third-order valence-corrected chi connectivity index (χ3v) is 6.59. The van der Waals surface area contributed by atoms with Crippen molar-refractivity contribution in [1.82, 2.24) is 9.55 Å². The number of aromatic nitrogens is 2. The van der Waals surface area contributed by atoms with Gasteiger partial charge in [-0.15, -0.1) is 0 Å². The van der Waals surface area contributed by atoms with E-state index in [9.17, 15) is 18.3 Å². The molecule has 0 bridgehead atoms. The molecule has 8 heteroatoms. The van der Waals surface area contributed by atoms with Crippen LogP contribution in [0.3, 0.4) is 0 Å². The summed E-state index contributed by atoms with van der Waals surface area (Å²) >= 11 is 7.45. The molecule has 0 saturated heterocycles. The van der Waals surface area contributed by atoms with Crippen molar-refractivity contribution in [2.24, 2.45) is 0 Å². The Balaban J connectivity index is 1.89. The topological polar surface area (TPSA) is 38.0 Å². The Bertz CT molecular complexity index is 1360. The quantitative estimate of drug-likeness (QED) is 0.187. The largest absolute Gasteiger partial charge is 0.384 e. The SMILES string of the molecule is Cc1ccc(F)c(-c2ccc(-n3cc(C(C)(C)O)nc3-c3ccccc3C(F)(F)I)cc2)c1Cl. The van der Waals surface area contributed by atoms with Crippen molar-refractivity contribution in [3.8, 4) is 28.2 Å². The van der Waals surface area contributed by atoms with Crippen LogP contribution in [-0.2, 0) is 9.53 Å². The highest BCUT2D eigenvalue weighted by Gasteiger charge is 2.32. The summed E-state index contributed by atoms with van der Waals surface area (Å²) < 4.78 is 41.8. The van der Waals surface area contributed by atoms with Crippen LogP contribution >= 0.6 is 34.2 Å². The Kier molecular flexibility index (Phi) is 6.56. The number of nitrogens with zero attached hydrogens (tertiary/aromatic N) is 2. The van der Waals surface area contributed by atoms with E-state index in [2.05, 4.69) is 4.98 Å². The molecular weight excluding hydrogens is 576 g/mol. The van der Waals surface area contributed by atoms with Gasteiger partial charge in [0.1, 0.15) is 17.2 Å². The number of halogens is 5. The van der Waals surface area contributed by atoms with Gasteiger partial charge in [-0.3, -0.25) is 4.57 Å². The Morgan fingerprint density at radius 3 is 2.26 bits per heavy atom. The number of hydrogen-bond acceptors (Lipinski definition) is 2. The van der Waals surface area contributed by atoms with Crippen LogP contribution in [0.1, 0.15) is 30.7 Å². The van der Waals surface area contributed by atoms with E-state index in [1.807, 2.05) is 0 Å². The minimum Gasteiger partial charge on any atom is -0.384 e. The summed E-state index contributed by atoms with van der Waals surface area (Å²) in [6.07, 6.45) is 1.62. The van der Waals surface area contributed by atoms with Crippen LogP contribution in [0, 0.1) is 12.7 Å². The molecule has 0 atom stereocenters.